The van der Waals surface area contributed by atoms with Crippen molar-refractivity contribution >= 4 is 17.8 Å². The average molecular weight is 413 g/mol. The van der Waals surface area contributed by atoms with Crippen molar-refractivity contribution in [3.05, 3.63) is 29.3 Å². The van der Waals surface area contributed by atoms with E-state index in [0.29, 0.717) is 23.0 Å². The summed E-state index contributed by atoms with van der Waals surface area (Å²) < 4.78 is 10.7. The molecule has 1 spiro atoms. The van der Waals surface area contributed by atoms with E-state index in [1.165, 1.54) is 19.3 Å². The molecule has 3 aliphatic carbocycles. The second-order valence-electron chi connectivity index (χ2n) is 9.00. The number of rotatable bonds is 6. The number of amides is 2. The second-order valence-corrected chi connectivity index (χ2v) is 9.00. The molecule has 2 amide bonds. The van der Waals surface area contributed by atoms with Crippen LogP contribution in [0.3, 0.4) is 0 Å². The first-order valence-electron chi connectivity index (χ1n) is 10.7. The third-order valence-electron chi connectivity index (χ3n) is 6.83. The van der Waals surface area contributed by atoms with Gasteiger partial charge in [-0.25, -0.2) is 4.79 Å². The van der Waals surface area contributed by atoms with Crippen molar-refractivity contribution < 1.29 is 18.8 Å². The van der Waals surface area contributed by atoms with Crippen molar-refractivity contribution in [1.29, 1.82) is 0 Å². The lowest BCUT2D eigenvalue weighted by Gasteiger charge is -2.37. The Bertz CT molecular complexity index is 947. The lowest BCUT2D eigenvalue weighted by molar-refractivity contribution is -0.115. The Hall–Kier alpha value is -2.84. The number of aromatic nitrogens is 3. The quantitative estimate of drug-likeness (QED) is 0.668. The van der Waals surface area contributed by atoms with E-state index in [0.717, 1.165) is 37.1 Å². The van der Waals surface area contributed by atoms with Gasteiger partial charge in [-0.15, -0.1) is 0 Å². The molecular weight excluding hydrogens is 386 g/mol. The molecule has 3 N–H and O–H groups in total. The van der Waals surface area contributed by atoms with Crippen LogP contribution < -0.4 is 10.6 Å². The molecule has 0 saturated heterocycles. The predicted octanol–water partition coefficient (Wildman–Crippen LogP) is 3.19. The molecule has 2 aromatic heterocycles. The molecule has 9 nitrogen and oxygen atoms in total. The second kappa shape index (κ2) is 7.45. The van der Waals surface area contributed by atoms with Crippen molar-refractivity contribution in [1.82, 2.24) is 20.7 Å². The number of alkyl carbamates (subject to hydrolysis) is 1. The molecule has 3 unspecified atom stereocenters. The van der Waals surface area contributed by atoms with E-state index in [1.807, 2.05) is 13.0 Å². The van der Waals surface area contributed by atoms with E-state index in [-0.39, 0.29) is 30.4 Å². The molecule has 2 heterocycles. The number of aryl methyl sites for hydroxylation is 1. The molecule has 2 aromatic rings. The number of carbonyl (C=O) groups is 2. The maximum Gasteiger partial charge on any atom is 0.407 e. The van der Waals surface area contributed by atoms with Gasteiger partial charge in [-0.1, -0.05) is 5.16 Å². The van der Waals surface area contributed by atoms with Crippen LogP contribution in [0.1, 0.15) is 68.0 Å². The van der Waals surface area contributed by atoms with Crippen LogP contribution in [0.4, 0.5) is 10.6 Å². The van der Waals surface area contributed by atoms with Gasteiger partial charge >= 0.3 is 6.09 Å². The van der Waals surface area contributed by atoms with E-state index in [1.54, 1.807) is 6.07 Å². The summed E-state index contributed by atoms with van der Waals surface area (Å²) in [5, 5.41) is 16.8. The minimum atomic E-state index is -0.281. The van der Waals surface area contributed by atoms with Gasteiger partial charge in [0, 0.05) is 29.8 Å². The van der Waals surface area contributed by atoms with Gasteiger partial charge in [0.2, 0.25) is 5.91 Å². The minimum Gasteiger partial charge on any atom is -0.446 e. The largest absolute Gasteiger partial charge is 0.446 e. The first-order chi connectivity index (χ1) is 14.5. The number of nitrogens with one attached hydrogen (secondary N) is 3. The molecule has 30 heavy (non-hydrogen) atoms. The fraction of sp³-hybridized carbons (Fsp3) is 0.619. The first kappa shape index (κ1) is 19.1. The normalized spacial score (nSPS) is 26.2. The van der Waals surface area contributed by atoms with Gasteiger partial charge in [0.1, 0.15) is 11.9 Å². The average Bonchev–Trinajstić information content (AvgIpc) is 2.98. The highest BCUT2D eigenvalue weighted by Crippen LogP contribution is 2.60. The summed E-state index contributed by atoms with van der Waals surface area (Å²) >= 11 is 0. The summed E-state index contributed by atoms with van der Waals surface area (Å²) in [4.78, 5) is 24.4. The fourth-order valence-corrected chi connectivity index (χ4v) is 4.79. The topological polar surface area (TPSA) is 122 Å². The smallest absolute Gasteiger partial charge is 0.407 e. The van der Waals surface area contributed by atoms with E-state index in [9.17, 15) is 9.59 Å². The molecule has 3 fully saturated rings. The Morgan fingerprint density at radius 1 is 1.27 bits per heavy atom. The van der Waals surface area contributed by atoms with Crippen LogP contribution in [0.5, 0.6) is 0 Å². The zero-order valence-electron chi connectivity index (χ0n) is 17.1. The van der Waals surface area contributed by atoms with Crippen LogP contribution in [-0.4, -0.2) is 39.5 Å². The lowest BCUT2D eigenvalue weighted by atomic mass is 9.76. The van der Waals surface area contributed by atoms with Crippen LogP contribution in [0.25, 0.3) is 0 Å². The Morgan fingerprint density at radius 3 is 2.83 bits per heavy atom. The third kappa shape index (κ3) is 3.93. The van der Waals surface area contributed by atoms with Gasteiger partial charge in [0.05, 0.1) is 12.1 Å². The summed E-state index contributed by atoms with van der Waals surface area (Å²) in [5.74, 6) is 1.02. The number of hydrogen-bond acceptors (Lipinski definition) is 6. The zero-order chi connectivity index (χ0) is 20.7. The first-order valence-corrected chi connectivity index (χ1v) is 10.7. The molecular formula is C21H27N5O4. The number of ether oxygens (including phenoxy) is 1. The van der Waals surface area contributed by atoms with Crippen LogP contribution in [0.15, 0.2) is 16.7 Å². The van der Waals surface area contributed by atoms with E-state index >= 15 is 0 Å². The van der Waals surface area contributed by atoms with E-state index < -0.39 is 0 Å². The Morgan fingerprint density at radius 2 is 2.13 bits per heavy atom. The highest BCUT2D eigenvalue weighted by molar-refractivity contribution is 5.91. The molecule has 160 valence electrons. The molecule has 0 aliphatic heterocycles. The summed E-state index contributed by atoms with van der Waals surface area (Å²) in [7, 11) is 0. The van der Waals surface area contributed by atoms with Crippen molar-refractivity contribution in [3.8, 4) is 0 Å². The number of anilines is 1. The van der Waals surface area contributed by atoms with Crippen molar-refractivity contribution in [2.24, 2.45) is 5.41 Å². The highest BCUT2D eigenvalue weighted by Gasteiger charge is 2.56. The number of H-pyrrole nitrogens is 1. The minimum absolute atomic E-state index is 0.0822. The van der Waals surface area contributed by atoms with Crippen molar-refractivity contribution in [2.45, 2.75) is 76.4 Å². The van der Waals surface area contributed by atoms with Gasteiger partial charge < -0.3 is 19.9 Å². The molecule has 0 bridgehead atoms. The highest BCUT2D eigenvalue weighted by atomic mass is 16.6. The Kier molecular flexibility index (Phi) is 4.75. The van der Waals surface area contributed by atoms with Crippen LogP contribution in [0.2, 0.25) is 0 Å². The maximum absolute atomic E-state index is 12.2. The van der Waals surface area contributed by atoms with Crippen LogP contribution in [0, 0.1) is 12.3 Å². The SMILES string of the molecule is Cc1cc(CC(=O)Nc2cc(C3CCC(OC(=O)NC4CCC45CC5)C3)[nH]n2)on1. The van der Waals surface area contributed by atoms with Gasteiger partial charge in [0.15, 0.2) is 5.82 Å². The summed E-state index contributed by atoms with van der Waals surface area (Å²) in [6, 6.07) is 3.89. The summed E-state index contributed by atoms with van der Waals surface area (Å²) in [5.41, 5.74) is 2.09. The zero-order valence-corrected chi connectivity index (χ0v) is 17.1. The standard InChI is InChI=1S/C21H27N5O4/c1-12-8-15(30-26-12)10-19(27)23-18-11-16(24-25-18)13-2-3-14(9-13)29-20(28)22-17-4-5-21(17)6-7-21/h8,11,13-14,17H,2-7,9-10H2,1H3,(H,22,28)(H2,23,24,25,27). The predicted molar refractivity (Wildman–Crippen MR) is 107 cm³/mol. The van der Waals surface area contributed by atoms with Gasteiger partial charge in [-0.2, -0.15) is 5.10 Å². The molecule has 5 rings (SSSR count). The van der Waals surface area contributed by atoms with Gasteiger partial charge in [0.25, 0.3) is 0 Å². The van der Waals surface area contributed by atoms with E-state index in [4.69, 9.17) is 9.26 Å². The van der Waals surface area contributed by atoms with Crippen molar-refractivity contribution in [2.75, 3.05) is 5.32 Å². The van der Waals surface area contributed by atoms with Crippen LogP contribution in [-0.2, 0) is 16.0 Å². The monoisotopic (exact) mass is 413 g/mol. The molecule has 0 radical (unpaired) electrons. The molecule has 3 aliphatic rings. The number of nitrogens with zero attached hydrogens (tertiary/aromatic N) is 2. The summed E-state index contributed by atoms with van der Waals surface area (Å²) in [6.45, 7) is 1.81. The molecule has 3 saturated carbocycles. The lowest BCUT2D eigenvalue weighted by Crippen LogP contribution is -2.48. The summed E-state index contributed by atoms with van der Waals surface area (Å²) in [6.07, 6.45) is 7.04. The molecule has 0 aromatic carbocycles. The molecule has 9 heteroatoms. The molecule has 3 atom stereocenters. The van der Waals surface area contributed by atoms with Crippen molar-refractivity contribution in [3.63, 3.8) is 0 Å². The van der Waals surface area contributed by atoms with Gasteiger partial charge in [-0.3, -0.25) is 9.89 Å². The van der Waals surface area contributed by atoms with Gasteiger partial charge in [-0.05, 0) is 57.3 Å². The number of carbonyl (C=O) groups excluding carboxylic acids is 2. The number of hydrogen-bond donors (Lipinski definition) is 3. The Balaban J connectivity index is 1.09. The number of aromatic amines is 1. The fourth-order valence-electron chi connectivity index (χ4n) is 4.79. The Labute approximate surface area is 174 Å². The third-order valence-corrected chi connectivity index (χ3v) is 6.83. The van der Waals surface area contributed by atoms with E-state index in [2.05, 4.69) is 26.0 Å². The maximum atomic E-state index is 12.2. The van der Waals surface area contributed by atoms with Crippen LogP contribution >= 0.6 is 0 Å².